The van der Waals surface area contributed by atoms with Crippen LogP contribution in [0.2, 0.25) is 5.02 Å². The monoisotopic (exact) mass is 262 g/mol. The number of benzene rings is 1. The first-order valence-electron chi connectivity index (χ1n) is 5.69. The molecule has 0 radical (unpaired) electrons. The molecule has 1 heterocycles. The van der Waals surface area contributed by atoms with E-state index in [-0.39, 0.29) is 6.04 Å². The predicted molar refractivity (Wildman–Crippen MR) is 72.9 cm³/mol. The number of hydrogen-bond acceptors (Lipinski definition) is 3. The number of hydrogen-bond donors (Lipinski definition) is 1. The van der Waals surface area contributed by atoms with Crippen molar-refractivity contribution in [3.63, 3.8) is 0 Å². The van der Waals surface area contributed by atoms with Crippen LogP contribution in [0.25, 0.3) is 0 Å². The average molecular weight is 263 g/mol. The zero-order chi connectivity index (χ0) is 13.0. The summed E-state index contributed by atoms with van der Waals surface area (Å²) in [7, 11) is 1.61. The minimum Gasteiger partial charge on any atom is -0.495 e. The number of pyridine rings is 1. The minimum atomic E-state index is -0.164. The molecule has 0 aliphatic carbocycles. The number of rotatable bonds is 4. The van der Waals surface area contributed by atoms with Gasteiger partial charge in [0.1, 0.15) is 5.75 Å². The third-order valence-electron chi connectivity index (χ3n) is 2.83. The third-order valence-corrected chi connectivity index (χ3v) is 3.20. The Bertz CT molecular complexity index is 531. The minimum absolute atomic E-state index is 0.164. The molecular weight excluding hydrogens is 248 g/mol. The van der Waals surface area contributed by atoms with Gasteiger partial charge >= 0.3 is 0 Å². The molecule has 0 saturated heterocycles. The van der Waals surface area contributed by atoms with Crippen LogP contribution in [0.1, 0.15) is 17.2 Å². The Hall–Kier alpha value is -1.58. The van der Waals surface area contributed by atoms with Crippen LogP contribution in [0.3, 0.4) is 0 Å². The molecule has 18 heavy (non-hydrogen) atoms. The molecule has 0 bridgehead atoms. The normalized spacial score (nSPS) is 12.2. The first-order chi connectivity index (χ1) is 8.72. The fraction of sp³-hybridized carbons (Fsp3) is 0.214. The lowest BCUT2D eigenvalue weighted by atomic mass is 10.00. The quantitative estimate of drug-likeness (QED) is 0.922. The summed E-state index contributed by atoms with van der Waals surface area (Å²) in [5.41, 5.74) is 8.18. The van der Waals surface area contributed by atoms with E-state index < -0.39 is 0 Å². The largest absolute Gasteiger partial charge is 0.495 e. The molecule has 94 valence electrons. The van der Waals surface area contributed by atoms with E-state index >= 15 is 0 Å². The van der Waals surface area contributed by atoms with E-state index in [1.807, 2.05) is 30.3 Å². The van der Waals surface area contributed by atoms with E-state index in [1.54, 1.807) is 19.5 Å². The van der Waals surface area contributed by atoms with Gasteiger partial charge in [0.25, 0.3) is 0 Å². The summed E-state index contributed by atoms with van der Waals surface area (Å²) < 4.78 is 5.26. The van der Waals surface area contributed by atoms with Crippen LogP contribution in [-0.4, -0.2) is 12.1 Å². The standard InChI is InChI=1S/C14H15ClN2O/c1-18-14-9-17-7-6-11(14)13(16)8-10-4-2-3-5-12(10)15/h2-7,9,13H,8,16H2,1H3. The Morgan fingerprint density at radius 2 is 2.11 bits per heavy atom. The van der Waals surface area contributed by atoms with Crippen molar-refractivity contribution < 1.29 is 4.74 Å². The summed E-state index contributed by atoms with van der Waals surface area (Å²) in [6.07, 6.45) is 4.05. The molecule has 0 aliphatic rings. The molecule has 0 amide bonds. The lowest BCUT2D eigenvalue weighted by Gasteiger charge is -2.15. The van der Waals surface area contributed by atoms with Crippen LogP contribution in [-0.2, 0) is 6.42 Å². The van der Waals surface area contributed by atoms with Gasteiger partial charge in [-0.25, -0.2) is 0 Å². The maximum Gasteiger partial charge on any atom is 0.141 e. The zero-order valence-corrected chi connectivity index (χ0v) is 10.9. The van der Waals surface area contributed by atoms with E-state index in [0.717, 1.165) is 16.1 Å². The summed E-state index contributed by atoms with van der Waals surface area (Å²) in [5.74, 6) is 0.706. The molecule has 1 aromatic heterocycles. The first kappa shape index (κ1) is 12.9. The van der Waals surface area contributed by atoms with Crippen molar-refractivity contribution in [3.8, 4) is 5.75 Å². The highest BCUT2D eigenvalue weighted by molar-refractivity contribution is 6.31. The highest BCUT2D eigenvalue weighted by Crippen LogP contribution is 2.27. The van der Waals surface area contributed by atoms with Crippen LogP contribution < -0.4 is 10.5 Å². The molecule has 2 rings (SSSR count). The van der Waals surface area contributed by atoms with Gasteiger partial charge in [-0.2, -0.15) is 0 Å². The highest BCUT2D eigenvalue weighted by atomic mass is 35.5. The average Bonchev–Trinajstić information content (AvgIpc) is 2.41. The molecular formula is C14H15ClN2O. The van der Waals surface area contributed by atoms with Gasteiger partial charge in [-0.3, -0.25) is 4.98 Å². The Labute approximate surface area is 112 Å². The molecule has 2 N–H and O–H groups in total. The van der Waals surface area contributed by atoms with Crippen molar-refractivity contribution in [1.29, 1.82) is 0 Å². The van der Waals surface area contributed by atoms with Gasteiger partial charge in [-0.05, 0) is 24.1 Å². The lowest BCUT2D eigenvalue weighted by molar-refractivity contribution is 0.403. The molecule has 0 spiro atoms. The first-order valence-corrected chi connectivity index (χ1v) is 6.07. The van der Waals surface area contributed by atoms with Crippen molar-refractivity contribution in [2.24, 2.45) is 5.73 Å². The Kier molecular flexibility index (Phi) is 4.18. The van der Waals surface area contributed by atoms with Gasteiger partial charge in [0.05, 0.1) is 13.3 Å². The van der Waals surface area contributed by atoms with E-state index in [0.29, 0.717) is 12.2 Å². The summed E-state index contributed by atoms with van der Waals surface area (Å²) >= 11 is 6.13. The maximum atomic E-state index is 6.21. The fourth-order valence-electron chi connectivity index (χ4n) is 1.88. The van der Waals surface area contributed by atoms with Gasteiger partial charge in [0, 0.05) is 22.8 Å². The molecule has 1 atom stereocenters. The summed E-state index contributed by atoms with van der Waals surface area (Å²) in [6.45, 7) is 0. The van der Waals surface area contributed by atoms with E-state index in [2.05, 4.69) is 4.98 Å². The summed E-state index contributed by atoms with van der Waals surface area (Å²) in [4.78, 5) is 4.02. The molecule has 3 nitrogen and oxygen atoms in total. The van der Waals surface area contributed by atoms with Crippen molar-refractivity contribution in [1.82, 2.24) is 4.98 Å². The number of methoxy groups -OCH3 is 1. The second-order valence-corrected chi connectivity index (χ2v) is 4.43. The summed E-state index contributed by atoms with van der Waals surface area (Å²) in [6, 6.07) is 9.42. The lowest BCUT2D eigenvalue weighted by Crippen LogP contribution is -2.14. The third kappa shape index (κ3) is 2.81. The summed E-state index contributed by atoms with van der Waals surface area (Å²) in [5, 5.41) is 0.737. The molecule has 0 aliphatic heterocycles. The van der Waals surface area contributed by atoms with Gasteiger partial charge in [-0.15, -0.1) is 0 Å². The zero-order valence-electron chi connectivity index (χ0n) is 10.1. The Balaban J connectivity index is 2.22. The van der Waals surface area contributed by atoms with Crippen LogP contribution in [0.4, 0.5) is 0 Å². The Morgan fingerprint density at radius 1 is 1.33 bits per heavy atom. The second-order valence-electron chi connectivity index (χ2n) is 4.02. The molecule has 4 heteroatoms. The molecule has 1 unspecified atom stereocenters. The fourth-order valence-corrected chi connectivity index (χ4v) is 2.09. The van der Waals surface area contributed by atoms with Crippen LogP contribution >= 0.6 is 11.6 Å². The van der Waals surface area contributed by atoms with Gasteiger partial charge < -0.3 is 10.5 Å². The SMILES string of the molecule is COc1cnccc1C(N)Cc1ccccc1Cl. The number of nitrogens with zero attached hydrogens (tertiary/aromatic N) is 1. The number of halogens is 1. The van der Waals surface area contributed by atoms with Crippen molar-refractivity contribution >= 4 is 11.6 Å². The van der Waals surface area contributed by atoms with Gasteiger partial charge in [0.2, 0.25) is 0 Å². The van der Waals surface area contributed by atoms with Crippen LogP contribution in [0.15, 0.2) is 42.7 Å². The number of aromatic nitrogens is 1. The predicted octanol–water partition coefficient (Wildman–Crippen LogP) is 2.99. The second kappa shape index (κ2) is 5.85. The van der Waals surface area contributed by atoms with Gasteiger partial charge in [-0.1, -0.05) is 29.8 Å². The topological polar surface area (TPSA) is 48.1 Å². The van der Waals surface area contributed by atoms with Crippen molar-refractivity contribution in [2.75, 3.05) is 7.11 Å². The highest BCUT2D eigenvalue weighted by Gasteiger charge is 2.13. The van der Waals surface area contributed by atoms with E-state index in [9.17, 15) is 0 Å². The molecule has 2 aromatic rings. The van der Waals surface area contributed by atoms with E-state index in [1.165, 1.54) is 0 Å². The molecule has 0 fully saturated rings. The maximum absolute atomic E-state index is 6.21. The van der Waals surface area contributed by atoms with Crippen LogP contribution in [0.5, 0.6) is 5.75 Å². The number of ether oxygens (including phenoxy) is 1. The molecule has 0 saturated carbocycles. The molecule has 1 aromatic carbocycles. The number of nitrogens with two attached hydrogens (primary N) is 1. The van der Waals surface area contributed by atoms with Crippen molar-refractivity contribution in [2.45, 2.75) is 12.5 Å². The van der Waals surface area contributed by atoms with Crippen molar-refractivity contribution in [3.05, 3.63) is 58.9 Å². The van der Waals surface area contributed by atoms with Gasteiger partial charge in [0.15, 0.2) is 0 Å². The smallest absolute Gasteiger partial charge is 0.141 e. The Morgan fingerprint density at radius 3 is 2.83 bits per heavy atom. The van der Waals surface area contributed by atoms with Crippen LogP contribution in [0, 0.1) is 0 Å². The van der Waals surface area contributed by atoms with E-state index in [4.69, 9.17) is 22.1 Å².